The zero-order valence-corrected chi connectivity index (χ0v) is 10.2. The van der Waals surface area contributed by atoms with E-state index in [0.717, 1.165) is 6.42 Å². The lowest BCUT2D eigenvalue weighted by atomic mass is 10.2. The highest BCUT2D eigenvalue weighted by Gasteiger charge is 2.12. The summed E-state index contributed by atoms with van der Waals surface area (Å²) in [7, 11) is -3.14. The fraction of sp³-hybridized carbons (Fsp3) is 0.875. The van der Waals surface area contributed by atoms with Crippen LogP contribution < -0.4 is 10.5 Å². The normalized spacial score (nSPS) is 13.9. The molecule has 0 radical (unpaired) electrons. The van der Waals surface area contributed by atoms with Crippen molar-refractivity contribution in [2.45, 2.75) is 26.7 Å². The van der Waals surface area contributed by atoms with Crippen molar-refractivity contribution in [2.24, 2.45) is 11.7 Å². The third-order valence-corrected chi connectivity index (χ3v) is 3.70. The van der Waals surface area contributed by atoms with Gasteiger partial charge in [0.1, 0.15) is 0 Å². The minimum Gasteiger partial charge on any atom is -0.393 e. The van der Waals surface area contributed by atoms with E-state index in [1.807, 2.05) is 6.92 Å². The zero-order chi connectivity index (χ0) is 11.2. The minimum atomic E-state index is -3.14. The van der Waals surface area contributed by atoms with E-state index in [0.29, 0.717) is 18.0 Å². The van der Waals surface area contributed by atoms with Gasteiger partial charge in [0, 0.05) is 12.5 Å². The summed E-state index contributed by atoms with van der Waals surface area (Å²) in [5.41, 5.74) is 5.36. The number of unbranched alkanes of at least 4 members (excludes halogenated alkanes) is 1. The number of nitrogens with one attached hydrogen (secondary N) is 1. The SMILES string of the molecule is CCCCS(=O)(=O)NCC(C)C(N)=S. The smallest absolute Gasteiger partial charge is 0.211 e. The van der Waals surface area contributed by atoms with Gasteiger partial charge in [-0.1, -0.05) is 32.5 Å². The van der Waals surface area contributed by atoms with E-state index < -0.39 is 10.0 Å². The molecule has 14 heavy (non-hydrogen) atoms. The van der Waals surface area contributed by atoms with Crippen LogP contribution in [0.25, 0.3) is 0 Å². The van der Waals surface area contributed by atoms with Crippen molar-refractivity contribution in [2.75, 3.05) is 12.3 Å². The molecule has 0 aromatic heterocycles. The summed E-state index contributed by atoms with van der Waals surface area (Å²) in [5, 5.41) is 0. The van der Waals surface area contributed by atoms with Crippen molar-refractivity contribution in [1.82, 2.24) is 4.72 Å². The lowest BCUT2D eigenvalue weighted by molar-refractivity contribution is 0.572. The molecular weight excluding hydrogens is 220 g/mol. The Morgan fingerprint density at radius 3 is 2.57 bits per heavy atom. The van der Waals surface area contributed by atoms with Crippen molar-refractivity contribution in [1.29, 1.82) is 0 Å². The van der Waals surface area contributed by atoms with Crippen LogP contribution in [0.4, 0.5) is 0 Å². The van der Waals surface area contributed by atoms with Gasteiger partial charge in [-0.2, -0.15) is 0 Å². The van der Waals surface area contributed by atoms with Gasteiger partial charge in [0.2, 0.25) is 10.0 Å². The number of hydrogen-bond donors (Lipinski definition) is 2. The monoisotopic (exact) mass is 238 g/mol. The molecular formula is C8H18N2O2S2. The molecule has 84 valence electrons. The Morgan fingerprint density at radius 1 is 1.57 bits per heavy atom. The highest BCUT2D eigenvalue weighted by atomic mass is 32.2. The van der Waals surface area contributed by atoms with Crippen molar-refractivity contribution < 1.29 is 8.42 Å². The summed E-state index contributed by atoms with van der Waals surface area (Å²) < 4.78 is 25.1. The summed E-state index contributed by atoms with van der Waals surface area (Å²) in [5.74, 6) is 0.0782. The van der Waals surface area contributed by atoms with Crippen molar-refractivity contribution >= 4 is 27.2 Å². The van der Waals surface area contributed by atoms with E-state index in [1.165, 1.54) is 0 Å². The van der Waals surface area contributed by atoms with Crippen LogP contribution in [0.5, 0.6) is 0 Å². The molecule has 0 heterocycles. The maximum atomic E-state index is 11.3. The average molecular weight is 238 g/mol. The molecule has 1 atom stereocenters. The highest BCUT2D eigenvalue weighted by Crippen LogP contribution is 1.97. The van der Waals surface area contributed by atoms with Gasteiger partial charge >= 0.3 is 0 Å². The quantitative estimate of drug-likeness (QED) is 0.638. The molecule has 0 spiro atoms. The average Bonchev–Trinajstić information content (AvgIpc) is 2.11. The standard InChI is InChI=1S/C8H18N2O2S2/c1-3-4-5-14(11,12)10-6-7(2)8(9)13/h7,10H,3-6H2,1-2H3,(H2,9,13). The van der Waals surface area contributed by atoms with Crippen LogP contribution >= 0.6 is 12.2 Å². The second-order valence-corrected chi connectivity index (χ2v) is 5.72. The first-order valence-corrected chi connectivity index (χ1v) is 6.71. The first-order valence-electron chi connectivity index (χ1n) is 4.65. The predicted octanol–water partition coefficient (Wildman–Crippen LogP) is 0.628. The predicted molar refractivity (Wildman–Crippen MR) is 62.6 cm³/mol. The maximum Gasteiger partial charge on any atom is 0.211 e. The molecule has 0 amide bonds. The molecule has 0 aromatic rings. The number of sulfonamides is 1. The van der Waals surface area contributed by atoms with Crippen LogP contribution in [0, 0.1) is 5.92 Å². The molecule has 6 heteroatoms. The van der Waals surface area contributed by atoms with E-state index in [1.54, 1.807) is 6.92 Å². The van der Waals surface area contributed by atoms with E-state index in [-0.39, 0.29) is 11.7 Å². The van der Waals surface area contributed by atoms with Gasteiger partial charge < -0.3 is 5.73 Å². The Morgan fingerprint density at radius 2 is 2.14 bits per heavy atom. The molecule has 0 fully saturated rings. The highest BCUT2D eigenvalue weighted by molar-refractivity contribution is 7.89. The molecule has 1 unspecified atom stereocenters. The molecule has 3 N–H and O–H groups in total. The number of nitrogens with two attached hydrogens (primary N) is 1. The molecule has 4 nitrogen and oxygen atoms in total. The van der Waals surface area contributed by atoms with Gasteiger partial charge in [0.25, 0.3) is 0 Å². The van der Waals surface area contributed by atoms with E-state index in [9.17, 15) is 8.42 Å². The van der Waals surface area contributed by atoms with Gasteiger partial charge in [0.05, 0.1) is 10.7 Å². The van der Waals surface area contributed by atoms with Crippen LogP contribution in [0.15, 0.2) is 0 Å². The molecule has 0 bridgehead atoms. The lowest BCUT2D eigenvalue weighted by Gasteiger charge is -2.10. The minimum absolute atomic E-state index is 0.0959. The summed E-state index contributed by atoms with van der Waals surface area (Å²) in [6, 6.07) is 0. The Bertz CT molecular complexity index is 275. The van der Waals surface area contributed by atoms with Crippen LogP contribution in [0.1, 0.15) is 26.7 Å². The Labute approximate surface area is 91.3 Å². The lowest BCUT2D eigenvalue weighted by Crippen LogP contribution is -2.34. The summed E-state index contributed by atoms with van der Waals surface area (Å²) in [6.45, 7) is 4.04. The molecule has 0 rings (SSSR count). The topological polar surface area (TPSA) is 72.2 Å². The summed E-state index contributed by atoms with van der Waals surface area (Å²) in [4.78, 5) is 0.336. The van der Waals surface area contributed by atoms with E-state index in [4.69, 9.17) is 18.0 Å². The van der Waals surface area contributed by atoms with Crippen LogP contribution in [-0.4, -0.2) is 25.7 Å². The maximum absolute atomic E-state index is 11.3. The van der Waals surface area contributed by atoms with Gasteiger partial charge in [-0.25, -0.2) is 13.1 Å². The molecule has 0 aliphatic carbocycles. The third kappa shape index (κ3) is 6.28. The molecule has 0 saturated carbocycles. The van der Waals surface area contributed by atoms with Crippen LogP contribution in [-0.2, 0) is 10.0 Å². The van der Waals surface area contributed by atoms with Gasteiger partial charge in [-0.15, -0.1) is 0 Å². The van der Waals surface area contributed by atoms with Gasteiger partial charge in [-0.3, -0.25) is 0 Å². The first kappa shape index (κ1) is 13.8. The molecule has 0 saturated heterocycles. The fourth-order valence-electron chi connectivity index (χ4n) is 0.759. The Kier molecular flexibility index (Phi) is 6.22. The second-order valence-electron chi connectivity index (χ2n) is 3.32. The van der Waals surface area contributed by atoms with Crippen molar-refractivity contribution in [3.63, 3.8) is 0 Å². The van der Waals surface area contributed by atoms with Crippen LogP contribution in [0.2, 0.25) is 0 Å². The van der Waals surface area contributed by atoms with Gasteiger partial charge in [0.15, 0.2) is 0 Å². The summed E-state index contributed by atoms with van der Waals surface area (Å²) >= 11 is 4.74. The Hall–Kier alpha value is -0.200. The fourth-order valence-corrected chi connectivity index (χ4v) is 2.16. The number of hydrogen-bond acceptors (Lipinski definition) is 3. The van der Waals surface area contributed by atoms with E-state index >= 15 is 0 Å². The number of thiocarbonyl (C=S) groups is 1. The zero-order valence-electron chi connectivity index (χ0n) is 8.62. The summed E-state index contributed by atoms with van der Waals surface area (Å²) in [6.07, 6.45) is 1.54. The third-order valence-electron chi connectivity index (χ3n) is 1.86. The Balaban J connectivity index is 3.93. The molecule has 0 aliphatic rings. The molecule has 0 aromatic carbocycles. The van der Waals surface area contributed by atoms with Crippen molar-refractivity contribution in [3.8, 4) is 0 Å². The molecule has 0 aliphatic heterocycles. The largest absolute Gasteiger partial charge is 0.393 e. The first-order chi connectivity index (χ1) is 6.39. The second kappa shape index (κ2) is 6.31. The van der Waals surface area contributed by atoms with Gasteiger partial charge in [-0.05, 0) is 6.42 Å². The van der Waals surface area contributed by atoms with E-state index in [2.05, 4.69) is 4.72 Å². The van der Waals surface area contributed by atoms with Crippen molar-refractivity contribution in [3.05, 3.63) is 0 Å². The number of rotatable bonds is 7. The van der Waals surface area contributed by atoms with Crippen LogP contribution in [0.3, 0.4) is 0 Å².